The molecule has 1 aliphatic rings. The molecule has 1 aliphatic heterocycles. The molecule has 0 aromatic carbocycles. The fourth-order valence-corrected chi connectivity index (χ4v) is 2.04. The van der Waals surface area contributed by atoms with Crippen LogP contribution in [0.5, 0.6) is 0 Å². The SMILES string of the molecule is C=C(C)CCC(O)C1(OC)CCOCC1. The van der Waals surface area contributed by atoms with Gasteiger partial charge in [0, 0.05) is 33.2 Å². The minimum absolute atomic E-state index is 0.395. The molecule has 1 N–H and O–H groups in total. The predicted molar refractivity (Wildman–Crippen MR) is 59.8 cm³/mol. The van der Waals surface area contributed by atoms with Crippen LogP contribution in [0.3, 0.4) is 0 Å². The molecule has 3 nitrogen and oxygen atoms in total. The lowest BCUT2D eigenvalue weighted by Gasteiger charge is -2.39. The molecule has 0 radical (unpaired) electrons. The Labute approximate surface area is 92.1 Å². The number of allylic oxidation sites excluding steroid dienone is 1. The Bertz CT molecular complexity index is 207. The van der Waals surface area contributed by atoms with E-state index in [0.717, 1.165) is 31.3 Å². The molecule has 0 aromatic heterocycles. The summed E-state index contributed by atoms with van der Waals surface area (Å²) in [5.74, 6) is 0. The molecule has 1 fully saturated rings. The number of hydrogen-bond acceptors (Lipinski definition) is 3. The number of hydrogen-bond donors (Lipinski definition) is 1. The van der Waals surface area contributed by atoms with Gasteiger partial charge in [0.2, 0.25) is 0 Å². The lowest BCUT2D eigenvalue weighted by atomic mass is 9.85. The quantitative estimate of drug-likeness (QED) is 0.710. The summed E-state index contributed by atoms with van der Waals surface area (Å²) in [4.78, 5) is 0. The van der Waals surface area contributed by atoms with Crippen LogP contribution in [-0.4, -0.2) is 37.1 Å². The van der Waals surface area contributed by atoms with Gasteiger partial charge in [-0.1, -0.05) is 5.57 Å². The van der Waals surface area contributed by atoms with E-state index in [0.29, 0.717) is 13.2 Å². The minimum Gasteiger partial charge on any atom is -0.390 e. The van der Waals surface area contributed by atoms with Crippen molar-refractivity contribution in [3.63, 3.8) is 0 Å². The van der Waals surface area contributed by atoms with Gasteiger partial charge in [-0.25, -0.2) is 0 Å². The molecule has 88 valence electrons. The van der Waals surface area contributed by atoms with Gasteiger partial charge in [-0.2, -0.15) is 0 Å². The van der Waals surface area contributed by atoms with Crippen LogP contribution in [0.2, 0.25) is 0 Å². The number of methoxy groups -OCH3 is 1. The molecular weight excluding hydrogens is 192 g/mol. The highest BCUT2D eigenvalue weighted by Crippen LogP contribution is 2.30. The van der Waals surface area contributed by atoms with Crippen LogP contribution in [0.15, 0.2) is 12.2 Å². The maximum absolute atomic E-state index is 10.2. The topological polar surface area (TPSA) is 38.7 Å². The number of ether oxygens (including phenoxy) is 2. The first-order chi connectivity index (χ1) is 7.10. The van der Waals surface area contributed by atoms with Crippen molar-refractivity contribution in [1.82, 2.24) is 0 Å². The van der Waals surface area contributed by atoms with E-state index in [4.69, 9.17) is 9.47 Å². The van der Waals surface area contributed by atoms with Crippen LogP contribution in [0.1, 0.15) is 32.6 Å². The van der Waals surface area contributed by atoms with Gasteiger partial charge in [0.05, 0.1) is 11.7 Å². The molecular formula is C12H22O3. The number of rotatable bonds is 5. The fourth-order valence-electron chi connectivity index (χ4n) is 2.04. The van der Waals surface area contributed by atoms with E-state index in [1.54, 1.807) is 7.11 Å². The second-order valence-electron chi connectivity index (χ2n) is 4.39. The highest BCUT2D eigenvalue weighted by Gasteiger charge is 2.39. The van der Waals surface area contributed by atoms with Crippen molar-refractivity contribution in [1.29, 1.82) is 0 Å². The van der Waals surface area contributed by atoms with E-state index in [9.17, 15) is 5.11 Å². The monoisotopic (exact) mass is 214 g/mol. The van der Waals surface area contributed by atoms with Crippen molar-refractivity contribution in [3.05, 3.63) is 12.2 Å². The summed E-state index contributed by atoms with van der Waals surface area (Å²) >= 11 is 0. The summed E-state index contributed by atoms with van der Waals surface area (Å²) in [6, 6.07) is 0. The zero-order valence-electron chi connectivity index (χ0n) is 9.79. The van der Waals surface area contributed by atoms with Crippen LogP contribution >= 0.6 is 0 Å². The molecule has 1 saturated heterocycles. The normalized spacial score (nSPS) is 22.3. The molecule has 0 saturated carbocycles. The number of aliphatic hydroxyl groups excluding tert-OH is 1. The summed E-state index contributed by atoms with van der Waals surface area (Å²) in [5.41, 5.74) is 0.709. The van der Waals surface area contributed by atoms with Crippen molar-refractivity contribution in [2.24, 2.45) is 0 Å². The standard InChI is InChI=1S/C12H22O3/c1-10(2)4-5-11(13)12(14-3)6-8-15-9-7-12/h11,13H,1,4-9H2,2-3H3. The van der Waals surface area contributed by atoms with E-state index < -0.39 is 11.7 Å². The minimum atomic E-state index is -0.414. The molecule has 15 heavy (non-hydrogen) atoms. The van der Waals surface area contributed by atoms with E-state index in [-0.39, 0.29) is 0 Å². The molecule has 3 heteroatoms. The van der Waals surface area contributed by atoms with Gasteiger partial charge in [-0.05, 0) is 19.8 Å². The molecule has 0 spiro atoms. The van der Waals surface area contributed by atoms with E-state index >= 15 is 0 Å². The summed E-state index contributed by atoms with van der Waals surface area (Å²) in [6.45, 7) is 7.18. The van der Waals surface area contributed by atoms with Crippen molar-refractivity contribution >= 4 is 0 Å². The van der Waals surface area contributed by atoms with Gasteiger partial charge >= 0.3 is 0 Å². The average molecular weight is 214 g/mol. The lowest BCUT2D eigenvalue weighted by molar-refractivity contribution is -0.153. The second-order valence-corrected chi connectivity index (χ2v) is 4.39. The van der Waals surface area contributed by atoms with Crippen LogP contribution in [0, 0.1) is 0 Å². The zero-order chi connectivity index (χ0) is 11.3. The van der Waals surface area contributed by atoms with Gasteiger partial charge in [-0.15, -0.1) is 6.58 Å². The van der Waals surface area contributed by atoms with Crippen LogP contribution in [-0.2, 0) is 9.47 Å². The highest BCUT2D eigenvalue weighted by atomic mass is 16.5. The van der Waals surface area contributed by atoms with E-state index in [1.807, 2.05) is 6.92 Å². The first-order valence-corrected chi connectivity index (χ1v) is 5.56. The van der Waals surface area contributed by atoms with Crippen LogP contribution in [0.25, 0.3) is 0 Å². The molecule has 1 unspecified atom stereocenters. The summed E-state index contributed by atoms with van der Waals surface area (Å²) in [5, 5.41) is 10.2. The molecule has 0 aromatic rings. The maximum atomic E-state index is 10.2. The van der Waals surface area contributed by atoms with Crippen molar-refractivity contribution in [3.8, 4) is 0 Å². The Kier molecular flexibility index (Phi) is 4.77. The van der Waals surface area contributed by atoms with Gasteiger partial charge in [-0.3, -0.25) is 0 Å². The molecule has 1 rings (SSSR count). The maximum Gasteiger partial charge on any atom is 0.0980 e. The highest BCUT2D eigenvalue weighted by molar-refractivity contribution is 4.94. The molecule has 0 amide bonds. The Morgan fingerprint density at radius 1 is 1.53 bits per heavy atom. The summed E-state index contributed by atoms with van der Waals surface area (Å²) in [7, 11) is 1.68. The van der Waals surface area contributed by atoms with Crippen molar-refractivity contribution in [2.45, 2.75) is 44.3 Å². The summed E-state index contributed by atoms with van der Waals surface area (Å²) in [6.07, 6.45) is 2.72. The first kappa shape index (κ1) is 12.7. The third-order valence-electron chi connectivity index (χ3n) is 3.20. The number of aliphatic hydroxyl groups is 1. The molecule has 0 bridgehead atoms. The van der Waals surface area contributed by atoms with Gasteiger partial charge < -0.3 is 14.6 Å². The first-order valence-electron chi connectivity index (χ1n) is 5.56. The zero-order valence-corrected chi connectivity index (χ0v) is 9.79. The predicted octanol–water partition coefficient (Wildman–Crippen LogP) is 1.90. The molecule has 1 atom stereocenters. The van der Waals surface area contributed by atoms with Crippen LogP contribution in [0.4, 0.5) is 0 Å². The molecule has 0 aliphatic carbocycles. The third-order valence-corrected chi connectivity index (χ3v) is 3.20. The van der Waals surface area contributed by atoms with E-state index in [2.05, 4.69) is 6.58 Å². The Hall–Kier alpha value is -0.380. The Morgan fingerprint density at radius 3 is 2.60 bits per heavy atom. The fraction of sp³-hybridized carbons (Fsp3) is 0.833. The van der Waals surface area contributed by atoms with Gasteiger partial charge in [0.25, 0.3) is 0 Å². The van der Waals surface area contributed by atoms with E-state index in [1.165, 1.54) is 0 Å². The van der Waals surface area contributed by atoms with Crippen molar-refractivity contribution in [2.75, 3.05) is 20.3 Å². The largest absolute Gasteiger partial charge is 0.390 e. The smallest absolute Gasteiger partial charge is 0.0980 e. The van der Waals surface area contributed by atoms with Crippen molar-refractivity contribution < 1.29 is 14.6 Å². The third kappa shape index (κ3) is 3.30. The Morgan fingerprint density at radius 2 is 2.13 bits per heavy atom. The van der Waals surface area contributed by atoms with Gasteiger partial charge in [0.15, 0.2) is 0 Å². The lowest BCUT2D eigenvalue weighted by Crippen LogP contribution is -2.48. The Balaban J connectivity index is 2.51. The second kappa shape index (κ2) is 5.64. The van der Waals surface area contributed by atoms with Gasteiger partial charge in [0.1, 0.15) is 0 Å². The average Bonchev–Trinajstić information content (AvgIpc) is 2.26. The summed E-state index contributed by atoms with van der Waals surface area (Å²) < 4.78 is 10.8. The molecule has 1 heterocycles. The van der Waals surface area contributed by atoms with Crippen LogP contribution < -0.4 is 0 Å².